The lowest BCUT2D eigenvalue weighted by atomic mass is 10.1. The highest BCUT2D eigenvalue weighted by molar-refractivity contribution is 6.04. The van der Waals surface area contributed by atoms with E-state index < -0.39 is 0 Å². The van der Waals surface area contributed by atoms with Crippen LogP contribution in [-0.2, 0) is 0 Å². The number of amides is 1. The van der Waals surface area contributed by atoms with E-state index in [-0.39, 0.29) is 35.6 Å². The van der Waals surface area contributed by atoms with Crippen molar-refractivity contribution < 1.29 is 4.79 Å². The van der Waals surface area contributed by atoms with E-state index in [1.165, 1.54) is 0 Å². The van der Waals surface area contributed by atoms with Gasteiger partial charge in [-0.05, 0) is 20.0 Å². The number of benzene rings is 1. The molecule has 20 heavy (non-hydrogen) atoms. The molecule has 1 heterocycles. The predicted molar refractivity (Wildman–Crippen MR) is 80.5 cm³/mol. The molecule has 2 aromatic rings. The SMILES string of the molecule is CNC(C)CNC(=O)c1n[nH]c(=O)c2ccccc12.Cl. The molecule has 2 rings (SSSR count). The molecule has 0 spiro atoms. The zero-order valence-electron chi connectivity index (χ0n) is 11.3. The lowest BCUT2D eigenvalue weighted by Crippen LogP contribution is -2.37. The minimum absolute atomic E-state index is 0. The monoisotopic (exact) mass is 296 g/mol. The van der Waals surface area contributed by atoms with E-state index in [1.54, 1.807) is 24.3 Å². The molecule has 0 aliphatic rings. The summed E-state index contributed by atoms with van der Waals surface area (Å²) in [7, 11) is 1.82. The van der Waals surface area contributed by atoms with Gasteiger partial charge >= 0.3 is 0 Å². The Bertz CT molecular complexity index is 656. The Morgan fingerprint density at radius 2 is 2.00 bits per heavy atom. The minimum Gasteiger partial charge on any atom is -0.349 e. The van der Waals surface area contributed by atoms with Crippen LogP contribution in [0.1, 0.15) is 17.4 Å². The second-order valence-corrected chi connectivity index (χ2v) is 4.35. The quantitative estimate of drug-likeness (QED) is 0.774. The number of carbonyl (C=O) groups excluding carboxylic acids is 1. The Morgan fingerprint density at radius 3 is 2.65 bits per heavy atom. The molecule has 1 aromatic heterocycles. The van der Waals surface area contributed by atoms with Crippen LogP contribution in [0.25, 0.3) is 10.8 Å². The van der Waals surface area contributed by atoms with Crippen LogP contribution in [0.5, 0.6) is 0 Å². The van der Waals surface area contributed by atoms with E-state index in [0.717, 1.165) is 0 Å². The van der Waals surface area contributed by atoms with Crippen molar-refractivity contribution in [2.45, 2.75) is 13.0 Å². The van der Waals surface area contributed by atoms with Gasteiger partial charge in [-0.25, -0.2) is 5.10 Å². The third-order valence-corrected chi connectivity index (χ3v) is 2.97. The summed E-state index contributed by atoms with van der Waals surface area (Å²) in [4.78, 5) is 23.7. The fourth-order valence-electron chi connectivity index (χ4n) is 1.72. The van der Waals surface area contributed by atoms with Gasteiger partial charge in [0.1, 0.15) is 0 Å². The standard InChI is InChI=1S/C13H16N4O2.ClH/c1-8(14-2)7-15-13(19)11-9-5-3-4-6-10(9)12(18)17-16-11;/h3-6,8,14H,7H2,1-2H3,(H,15,19)(H,17,18);1H. The number of likely N-dealkylation sites (N-methyl/N-ethyl adjacent to an activating group) is 1. The highest BCUT2D eigenvalue weighted by Gasteiger charge is 2.13. The van der Waals surface area contributed by atoms with Crippen molar-refractivity contribution in [1.82, 2.24) is 20.8 Å². The average Bonchev–Trinajstić information content (AvgIpc) is 2.45. The fourth-order valence-corrected chi connectivity index (χ4v) is 1.72. The molecule has 0 bridgehead atoms. The van der Waals surface area contributed by atoms with Crippen LogP contribution in [0.15, 0.2) is 29.1 Å². The molecule has 0 aliphatic carbocycles. The maximum atomic E-state index is 12.1. The molecule has 1 aromatic carbocycles. The number of hydrogen-bond donors (Lipinski definition) is 3. The van der Waals surface area contributed by atoms with Crippen molar-refractivity contribution >= 4 is 29.1 Å². The van der Waals surface area contributed by atoms with Crippen molar-refractivity contribution in [3.05, 3.63) is 40.3 Å². The topological polar surface area (TPSA) is 86.9 Å². The Balaban J connectivity index is 0.00000200. The molecule has 1 atom stereocenters. The third-order valence-electron chi connectivity index (χ3n) is 2.97. The third kappa shape index (κ3) is 3.34. The molecule has 7 heteroatoms. The number of nitrogens with one attached hydrogen (secondary N) is 3. The van der Waals surface area contributed by atoms with Crippen molar-refractivity contribution in [3.8, 4) is 0 Å². The summed E-state index contributed by atoms with van der Waals surface area (Å²) in [5, 5.41) is 13.0. The smallest absolute Gasteiger partial charge is 0.272 e. The molecule has 0 fully saturated rings. The fraction of sp³-hybridized carbons (Fsp3) is 0.308. The number of aromatic nitrogens is 2. The van der Waals surface area contributed by atoms with Gasteiger partial charge in [-0.3, -0.25) is 9.59 Å². The zero-order chi connectivity index (χ0) is 13.8. The van der Waals surface area contributed by atoms with Gasteiger partial charge in [0, 0.05) is 18.0 Å². The van der Waals surface area contributed by atoms with Gasteiger partial charge in [0.15, 0.2) is 5.69 Å². The molecule has 3 N–H and O–H groups in total. The lowest BCUT2D eigenvalue weighted by molar-refractivity contribution is 0.0946. The number of H-pyrrole nitrogens is 1. The van der Waals surface area contributed by atoms with Crippen LogP contribution in [-0.4, -0.2) is 35.7 Å². The number of hydrogen-bond acceptors (Lipinski definition) is 4. The minimum atomic E-state index is -0.297. The first-order valence-corrected chi connectivity index (χ1v) is 6.06. The summed E-state index contributed by atoms with van der Waals surface area (Å²) in [5.41, 5.74) is -0.0609. The van der Waals surface area contributed by atoms with Gasteiger partial charge in [0.05, 0.1) is 5.39 Å². The number of nitrogens with zero attached hydrogens (tertiary/aromatic N) is 1. The van der Waals surface area contributed by atoms with Crippen LogP contribution in [0.3, 0.4) is 0 Å². The molecule has 0 radical (unpaired) electrons. The summed E-state index contributed by atoms with van der Waals surface area (Å²) < 4.78 is 0. The molecular weight excluding hydrogens is 280 g/mol. The van der Waals surface area contributed by atoms with Crippen LogP contribution >= 0.6 is 12.4 Å². The second kappa shape index (κ2) is 7.02. The van der Waals surface area contributed by atoms with Gasteiger partial charge in [0.25, 0.3) is 11.5 Å². The normalized spacial score (nSPS) is 11.7. The molecular formula is C13H17ClN4O2. The molecule has 6 nitrogen and oxygen atoms in total. The highest BCUT2D eigenvalue weighted by Crippen LogP contribution is 2.11. The van der Waals surface area contributed by atoms with Crippen LogP contribution in [0.4, 0.5) is 0 Å². The van der Waals surface area contributed by atoms with E-state index in [9.17, 15) is 9.59 Å². The highest BCUT2D eigenvalue weighted by atomic mass is 35.5. The van der Waals surface area contributed by atoms with Crippen LogP contribution in [0.2, 0.25) is 0 Å². The lowest BCUT2D eigenvalue weighted by Gasteiger charge is -2.11. The molecule has 0 aliphatic heterocycles. The Labute approximate surface area is 122 Å². The number of rotatable bonds is 4. The summed E-state index contributed by atoms with van der Waals surface area (Å²) in [6.07, 6.45) is 0. The zero-order valence-corrected chi connectivity index (χ0v) is 12.1. The largest absolute Gasteiger partial charge is 0.349 e. The summed E-state index contributed by atoms with van der Waals surface area (Å²) in [5.74, 6) is -0.297. The summed E-state index contributed by atoms with van der Waals surface area (Å²) in [6, 6.07) is 7.08. The van der Waals surface area contributed by atoms with Crippen molar-refractivity contribution in [2.24, 2.45) is 0 Å². The van der Waals surface area contributed by atoms with E-state index in [2.05, 4.69) is 20.8 Å². The number of aromatic amines is 1. The first-order valence-electron chi connectivity index (χ1n) is 6.06. The second-order valence-electron chi connectivity index (χ2n) is 4.35. The molecule has 108 valence electrons. The predicted octanol–water partition coefficient (Wildman–Crippen LogP) is 0.683. The maximum Gasteiger partial charge on any atom is 0.272 e. The van der Waals surface area contributed by atoms with Gasteiger partial charge in [-0.15, -0.1) is 12.4 Å². The average molecular weight is 297 g/mol. The van der Waals surface area contributed by atoms with Gasteiger partial charge in [0.2, 0.25) is 0 Å². The van der Waals surface area contributed by atoms with Crippen molar-refractivity contribution in [2.75, 3.05) is 13.6 Å². The van der Waals surface area contributed by atoms with Crippen molar-refractivity contribution in [3.63, 3.8) is 0 Å². The number of halogens is 1. The molecule has 1 unspecified atom stereocenters. The van der Waals surface area contributed by atoms with Crippen LogP contribution in [0, 0.1) is 0 Å². The van der Waals surface area contributed by atoms with E-state index in [4.69, 9.17) is 0 Å². The van der Waals surface area contributed by atoms with E-state index in [1.807, 2.05) is 14.0 Å². The van der Waals surface area contributed by atoms with Gasteiger partial charge in [-0.2, -0.15) is 5.10 Å². The number of fused-ring (bicyclic) bond motifs is 1. The summed E-state index contributed by atoms with van der Waals surface area (Å²) in [6.45, 7) is 2.45. The van der Waals surface area contributed by atoms with Gasteiger partial charge < -0.3 is 10.6 Å². The Morgan fingerprint density at radius 1 is 1.35 bits per heavy atom. The van der Waals surface area contributed by atoms with Crippen LogP contribution < -0.4 is 16.2 Å². The molecule has 0 saturated heterocycles. The molecule has 1 amide bonds. The van der Waals surface area contributed by atoms with E-state index >= 15 is 0 Å². The van der Waals surface area contributed by atoms with Gasteiger partial charge in [-0.1, -0.05) is 18.2 Å². The molecule has 0 saturated carbocycles. The van der Waals surface area contributed by atoms with Crippen molar-refractivity contribution in [1.29, 1.82) is 0 Å². The maximum absolute atomic E-state index is 12.1. The Kier molecular flexibility index (Phi) is 5.66. The number of carbonyl (C=O) groups is 1. The summed E-state index contributed by atoms with van der Waals surface area (Å²) >= 11 is 0. The Hall–Kier alpha value is -1.92. The first kappa shape index (κ1) is 16.1. The van der Waals surface area contributed by atoms with E-state index in [0.29, 0.717) is 17.3 Å². The first-order chi connectivity index (χ1) is 9.13.